The first-order chi connectivity index (χ1) is 7.39. The number of aromatic nitrogens is 1. The van der Waals surface area contributed by atoms with Crippen LogP contribution in [0.5, 0.6) is 0 Å². The first-order valence-corrected chi connectivity index (χ1v) is 5.89. The van der Waals surface area contributed by atoms with E-state index in [-0.39, 0.29) is 5.41 Å². The van der Waals surface area contributed by atoms with Crippen molar-refractivity contribution < 1.29 is 0 Å². The molecule has 0 saturated carbocycles. The zero-order valence-electron chi connectivity index (χ0n) is 10.0. The van der Waals surface area contributed by atoms with Crippen molar-refractivity contribution in [3.05, 3.63) is 35.3 Å². The number of halogens is 1. The van der Waals surface area contributed by atoms with Gasteiger partial charge in [0.2, 0.25) is 0 Å². The van der Waals surface area contributed by atoms with E-state index in [9.17, 15) is 0 Å². The third kappa shape index (κ3) is 1.94. The molecule has 0 bridgehead atoms. The van der Waals surface area contributed by atoms with Crippen LogP contribution < -0.4 is 4.90 Å². The van der Waals surface area contributed by atoms with E-state index in [0.29, 0.717) is 5.02 Å². The Bertz CT molecular complexity index is 432. The van der Waals surface area contributed by atoms with Crippen LogP contribution in [-0.4, -0.2) is 11.5 Å². The van der Waals surface area contributed by atoms with Gasteiger partial charge in [-0.25, -0.2) is 0 Å². The predicted molar refractivity (Wildman–Crippen MR) is 69.1 cm³/mol. The van der Waals surface area contributed by atoms with Crippen molar-refractivity contribution in [2.75, 3.05) is 11.4 Å². The summed E-state index contributed by atoms with van der Waals surface area (Å²) in [5.41, 5.74) is 3.36. The highest BCUT2D eigenvalue weighted by molar-refractivity contribution is 6.30. The lowest BCUT2D eigenvalue weighted by Gasteiger charge is -2.38. The lowest BCUT2D eigenvalue weighted by Crippen LogP contribution is -2.36. The molecule has 0 N–H and O–H groups in total. The maximum absolute atomic E-state index is 6.02. The van der Waals surface area contributed by atoms with Gasteiger partial charge in [0, 0.05) is 30.3 Å². The first-order valence-electron chi connectivity index (χ1n) is 5.51. The van der Waals surface area contributed by atoms with E-state index in [4.69, 9.17) is 11.6 Å². The standard InChI is InChI=1S/C13H17ClN2/c1-9-5-6-16(9)11-7-10(14)8-15-12(11)13(2,3)4/h7-8H,1,5-6H2,2-4H3. The van der Waals surface area contributed by atoms with E-state index in [1.165, 1.54) is 0 Å². The second-order valence-corrected chi connectivity index (χ2v) is 5.68. The molecule has 1 saturated heterocycles. The summed E-state index contributed by atoms with van der Waals surface area (Å²) in [6.07, 6.45) is 2.78. The molecule has 2 rings (SSSR count). The fourth-order valence-electron chi connectivity index (χ4n) is 1.88. The molecule has 1 aliphatic rings. The molecule has 1 aromatic rings. The zero-order valence-corrected chi connectivity index (χ0v) is 10.8. The third-order valence-corrected chi connectivity index (χ3v) is 3.05. The maximum atomic E-state index is 6.02. The fraction of sp³-hybridized carbons (Fsp3) is 0.462. The molecule has 2 heterocycles. The van der Waals surface area contributed by atoms with E-state index < -0.39 is 0 Å². The highest BCUT2D eigenvalue weighted by Crippen LogP contribution is 2.37. The van der Waals surface area contributed by atoms with Crippen molar-refractivity contribution >= 4 is 17.3 Å². The van der Waals surface area contributed by atoms with Gasteiger partial charge < -0.3 is 4.90 Å². The summed E-state index contributed by atoms with van der Waals surface area (Å²) >= 11 is 6.02. The number of hydrogen-bond acceptors (Lipinski definition) is 2. The molecule has 16 heavy (non-hydrogen) atoms. The van der Waals surface area contributed by atoms with Crippen LogP contribution in [0.25, 0.3) is 0 Å². The lowest BCUT2D eigenvalue weighted by molar-refractivity contribution is 0.563. The molecule has 2 nitrogen and oxygen atoms in total. The molecule has 1 aliphatic heterocycles. The molecule has 86 valence electrons. The third-order valence-electron chi connectivity index (χ3n) is 2.84. The number of pyridine rings is 1. The molecular formula is C13H17ClN2. The van der Waals surface area contributed by atoms with Crippen LogP contribution in [0.1, 0.15) is 32.9 Å². The Morgan fingerprint density at radius 2 is 2.12 bits per heavy atom. The van der Waals surface area contributed by atoms with Crippen molar-refractivity contribution in [2.24, 2.45) is 0 Å². The number of nitrogens with zero attached hydrogens (tertiary/aromatic N) is 2. The zero-order chi connectivity index (χ0) is 11.9. The van der Waals surface area contributed by atoms with Crippen LogP contribution in [0.4, 0.5) is 5.69 Å². The number of anilines is 1. The van der Waals surface area contributed by atoms with Gasteiger partial charge >= 0.3 is 0 Å². The Labute approximate surface area is 102 Å². The highest BCUT2D eigenvalue weighted by Gasteiger charge is 2.27. The van der Waals surface area contributed by atoms with Crippen molar-refractivity contribution in [1.82, 2.24) is 4.98 Å². The predicted octanol–water partition coefficient (Wildman–Crippen LogP) is 3.76. The van der Waals surface area contributed by atoms with Crippen molar-refractivity contribution in [3.63, 3.8) is 0 Å². The lowest BCUT2D eigenvalue weighted by atomic mass is 9.89. The monoisotopic (exact) mass is 236 g/mol. The fourth-order valence-corrected chi connectivity index (χ4v) is 2.04. The van der Waals surface area contributed by atoms with E-state index in [0.717, 1.165) is 30.0 Å². The summed E-state index contributed by atoms with van der Waals surface area (Å²) in [5.74, 6) is 0. The first kappa shape index (κ1) is 11.5. The summed E-state index contributed by atoms with van der Waals surface area (Å²) in [6, 6.07) is 1.99. The minimum atomic E-state index is 0.0236. The van der Waals surface area contributed by atoms with Crippen LogP contribution in [-0.2, 0) is 5.41 Å². The Morgan fingerprint density at radius 3 is 2.56 bits per heavy atom. The van der Waals surface area contributed by atoms with E-state index in [2.05, 4.69) is 37.2 Å². The Hall–Kier alpha value is -1.02. The quantitative estimate of drug-likeness (QED) is 0.738. The second kappa shape index (κ2) is 3.77. The molecule has 0 unspecified atom stereocenters. The van der Waals surface area contributed by atoms with Crippen LogP contribution >= 0.6 is 11.6 Å². The highest BCUT2D eigenvalue weighted by atomic mass is 35.5. The Kier molecular flexibility index (Phi) is 2.70. The molecule has 0 amide bonds. The van der Waals surface area contributed by atoms with Crippen molar-refractivity contribution in [2.45, 2.75) is 32.6 Å². The molecule has 0 atom stereocenters. The van der Waals surface area contributed by atoms with Gasteiger partial charge in [0.15, 0.2) is 0 Å². The van der Waals surface area contributed by atoms with Gasteiger partial charge in [-0.05, 0) is 6.07 Å². The van der Waals surface area contributed by atoms with E-state index >= 15 is 0 Å². The van der Waals surface area contributed by atoms with Gasteiger partial charge in [-0.3, -0.25) is 4.98 Å². The van der Waals surface area contributed by atoms with Crippen LogP contribution in [0.2, 0.25) is 5.02 Å². The normalized spacial score (nSPS) is 16.2. The summed E-state index contributed by atoms with van der Waals surface area (Å²) in [4.78, 5) is 6.67. The number of hydrogen-bond donors (Lipinski definition) is 0. The van der Waals surface area contributed by atoms with E-state index in [1.807, 2.05) is 6.07 Å². The largest absolute Gasteiger partial charge is 0.344 e. The van der Waals surface area contributed by atoms with E-state index in [1.54, 1.807) is 6.20 Å². The van der Waals surface area contributed by atoms with Gasteiger partial charge in [0.05, 0.1) is 16.4 Å². The summed E-state index contributed by atoms with van der Waals surface area (Å²) in [7, 11) is 0. The van der Waals surface area contributed by atoms with Gasteiger partial charge in [-0.1, -0.05) is 39.0 Å². The molecule has 1 fully saturated rings. The van der Waals surface area contributed by atoms with Crippen LogP contribution in [0, 0.1) is 0 Å². The van der Waals surface area contributed by atoms with Gasteiger partial charge in [-0.2, -0.15) is 0 Å². The average molecular weight is 237 g/mol. The summed E-state index contributed by atoms with van der Waals surface area (Å²) in [6.45, 7) is 11.5. The Balaban J connectivity index is 2.49. The molecule has 0 aromatic carbocycles. The maximum Gasteiger partial charge on any atom is 0.0694 e. The molecular weight excluding hydrogens is 220 g/mol. The number of rotatable bonds is 1. The summed E-state index contributed by atoms with van der Waals surface area (Å²) in [5, 5.41) is 0.683. The van der Waals surface area contributed by atoms with Gasteiger partial charge in [0.1, 0.15) is 0 Å². The molecule has 1 aromatic heterocycles. The molecule has 0 spiro atoms. The van der Waals surface area contributed by atoms with Gasteiger partial charge in [-0.15, -0.1) is 0 Å². The molecule has 3 heteroatoms. The molecule has 0 radical (unpaired) electrons. The minimum Gasteiger partial charge on any atom is -0.344 e. The second-order valence-electron chi connectivity index (χ2n) is 5.24. The summed E-state index contributed by atoms with van der Waals surface area (Å²) < 4.78 is 0. The average Bonchev–Trinajstić information content (AvgIpc) is 2.13. The van der Waals surface area contributed by atoms with Crippen molar-refractivity contribution in [3.8, 4) is 0 Å². The Morgan fingerprint density at radius 1 is 1.44 bits per heavy atom. The van der Waals surface area contributed by atoms with Crippen LogP contribution in [0.15, 0.2) is 24.5 Å². The topological polar surface area (TPSA) is 16.1 Å². The minimum absolute atomic E-state index is 0.0236. The van der Waals surface area contributed by atoms with Crippen LogP contribution in [0.3, 0.4) is 0 Å². The molecule has 0 aliphatic carbocycles. The SMILES string of the molecule is C=C1CCN1c1cc(Cl)cnc1C(C)(C)C. The van der Waals surface area contributed by atoms with Crippen molar-refractivity contribution in [1.29, 1.82) is 0 Å². The van der Waals surface area contributed by atoms with Gasteiger partial charge in [0.25, 0.3) is 0 Å². The smallest absolute Gasteiger partial charge is 0.0694 e.